The standard InChI is InChI=1S/C22H26N2O2/c1-15-11-16(2)13-20(12-15)24-22(26)18-9-6-10-19(14-18)23-21(25)17-7-4-3-5-8-17/h6,9-14,17H,3-5,7-8H2,1-2H3,(H,23,25)(H,24,26). The predicted molar refractivity (Wildman–Crippen MR) is 106 cm³/mol. The fourth-order valence-electron chi connectivity index (χ4n) is 3.60. The molecule has 1 fully saturated rings. The maximum Gasteiger partial charge on any atom is 0.255 e. The van der Waals surface area contributed by atoms with Crippen molar-refractivity contribution in [2.75, 3.05) is 10.6 Å². The quantitative estimate of drug-likeness (QED) is 0.808. The van der Waals surface area contributed by atoms with Crippen molar-refractivity contribution < 1.29 is 9.59 Å². The van der Waals surface area contributed by atoms with Crippen LogP contribution < -0.4 is 10.6 Å². The Bertz CT molecular complexity index is 787. The maximum atomic E-state index is 12.6. The van der Waals surface area contributed by atoms with E-state index >= 15 is 0 Å². The Labute approximate surface area is 155 Å². The molecule has 0 aliphatic heterocycles. The van der Waals surface area contributed by atoms with Crippen LogP contribution in [-0.4, -0.2) is 11.8 Å². The highest BCUT2D eigenvalue weighted by Gasteiger charge is 2.21. The van der Waals surface area contributed by atoms with Crippen LogP contribution >= 0.6 is 0 Å². The first-order valence-electron chi connectivity index (χ1n) is 9.32. The van der Waals surface area contributed by atoms with E-state index in [1.165, 1.54) is 6.42 Å². The van der Waals surface area contributed by atoms with Crippen LogP contribution in [0.4, 0.5) is 11.4 Å². The molecule has 4 nitrogen and oxygen atoms in total. The second kappa shape index (κ2) is 8.17. The number of rotatable bonds is 4. The zero-order valence-corrected chi connectivity index (χ0v) is 15.5. The molecule has 0 bridgehead atoms. The molecule has 0 heterocycles. The van der Waals surface area contributed by atoms with Gasteiger partial charge in [0.15, 0.2) is 0 Å². The van der Waals surface area contributed by atoms with Gasteiger partial charge >= 0.3 is 0 Å². The number of aryl methyl sites for hydroxylation is 2. The summed E-state index contributed by atoms with van der Waals surface area (Å²) in [5, 5.41) is 5.90. The van der Waals surface area contributed by atoms with Gasteiger partial charge in [-0.1, -0.05) is 31.4 Å². The van der Waals surface area contributed by atoms with E-state index < -0.39 is 0 Å². The number of carbonyl (C=O) groups is 2. The van der Waals surface area contributed by atoms with Crippen molar-refractivity contribution in [3.05, 3.63) is 59.2 Å². The highest BCUT2D eigenvalue weighted by Crippen LogP contribution is 2.25. The molecule has 2 amide bonds. The minimum Gasteiger partial charge on any atom is -0.326 e. The Hall–Kier alpha value is -2.62. The van der Waals surface area contributed by atoms with Gasteiger partial charge in [-0.2, -0.15) is 0 Å². The van der Waals surface area contributed by atoms with Gasteiger partial charge in [-0.05, 0) is 68.1 Å². The van der Waals surface area contributed by atoms with Crippen LogP contribution in [0, 0.1) is 19.8 Å². The van der Waals surface area contributed by atoms with E-state index in [1.54, 1.807) is 18.2 Å². The summed E-state index contributed by atoms with van der Waals surface area (Å²) in [6.07, 6.45) is 5.38. The Balaban J connectivity index is 1.67. The molecule has 1 aliphatic carbocycles. The molecular weight excluding hydrogens is 324 g/mol. The lowest BCUT2D eigenvalue weighted by molar-refractivity contribution is -0.120. The van der Waals surface area contributed by atoms with Crippen LogP contribution in [0.25, 0.3) is 0 Å². The number of hydrogen-bond acceptors (Lipinski definition) is 2. The monoisotopic (exact) mass is 350 g/mol. The molecule has 4 heteroatoms. The van der Waals surface area contributed by atoms with Crippen LogP contribution in [0.2, 0.25) is 0 Å². The number of anilines is 2. The van der Waals surface area contributed by atoms with E-state index in [4.69, 9.17) is 0 Å². The number of nitrogens with one attached hydrogen (secondary N) is 2. The summed E-state index contributed by atoms with van der Waals surface area (Å²) in [5.41, 5.74) is 4.20. The molecule has 1 saturated carbocycles. The van der Waals surface area contributed by atoms with Crippen LogP contribution in [0.5, 0.6) is 0 Å². The molecule has 2 N–H and O–H groups in total. The summed E-state index contributed by atoms with van der Waals surface area (Å²) < 4.78 is 0. The van der Waals surface area contributed by atoms with Gasteiger partial charge < -0.3 is 10.6 Å². The molecule has 136 valence electrons. The van der Waals surface area contributed by atoms with E-state index in [1.807, 2.05) is 32.0 Å². The predicted octanol–water partition coefficient (Wildman–Crippen LogP) is 5.07. The van der Waals surface area contributed by atoms with Crippen molar-refractivity contribution in [1.82, 2.24) is 0 Å². The minimum atomic E-state index is -0.177. The highest BCUT2D eigenvalue weighted by atomic mass is 16.2. The molecule has 3 rings (SSSR count). The van der Waals surface area contributed by atoms with Gasteiger partial charge in [-0.25, -0.2) is 0 Å². The van der Waals surface area contributed by atoms with Crippen LogP contribution in [0.3, 0.4) is 0 Å². The lowest BCUT2D eigenvalue weighted by Gasteiger charge is -2.20. The third kappa shape index (κ3) is 4.72. The fourth-order valence-corrected chi connectivity index (χ4v) is 3.60. The molecule has 0 saturated heterocycles. The maximum absolute atomic E-state index is 12.6. The SMILES string of the molecule is Cc1cc(C)cc(NC(=O)c2cccc(NC(=O)C3CCCCC3)c2)c1. The van der Waals surface area contributed by atoms with E-state index in [2.05, 4.69) is 16.7 Å². The second-order valence-corrected chi connectivity index (χ2v) is 7.24. The molecule has 2 aromatic rings. The average Bonchev–Trinajstić information content (AvgIpc) is 2.62. The zero-order valence-electron chi connectivity index (χ0n) is 15.5. The Morgan fingerprint density at radius 1 is 0.846 bits per heavy atom. The molecule has 26 heavy (non-hydrogen) atoms. The normalized spacial score (nSPS) is 14.7. The third-order valence-electron chi connectivity index (χ3n) is 4.85. The van der Waals surface area contributed by atoms with Crippen LogP contribution in [-0.2, 0) is 4.79 Å². The summed E-state index contributed by atoms with van der Waals surface area (Å²) >= 11 is 0. The summed E-state index contributed by atoms with van der Waals surface area (Å²) in [6.45, 7) is 4.01. The first-order valence-corrected chi connectivity index (χ1v) is 9.32. The number of benzene rings is 2. The van der Waals surface area contributed by atoms with Crippen LogP contribution in [0.15, 0.2) is 42.5 Å². The first-order chi connectivity index (χ1) is 12.5. The highest BCUT2D eigenvalue weighted by molar-refractivity contribution is 6.05. The molecule has 0 radical (unpaired) electrons. The smallest absolute Gasteiger partial charge is 0.255 e. The Kier molecular flexibility index (Phi) is 5.71. The van der Waals surface area contributed by atoms with E-state index in [0.717, 1.165) is 42.5 Å². The van der Waals surface area contributed by atoms with E-state index in [0.29, 0.717) is 11.3 Å². The van der Waals surface area contributed by atoms with Gasteiger partial charge in [0.1, 0.15) is 0 Å². The number of amides is 2. The van der Waals surface area contributed by atoms with Crippen molar-refractivity contribution >= 4 is 23.2 Å². The summed E-state index contributed by atoms with van der Waals surface area (Å²) in [6, 6.07) is 13.1. The number of carbonyl (C=O) groups excluding carboxylic acids is 2. The minimum absolute atomic E-state index is 0.0663. The van der Waals surface area contributed by atoms with Crippen molar-refractivity contribution in [3.8, 4) is 0 Å². The fraction of sp³-hybridized carbons (Fsp3) is 0.364. The van der Waals surface area contributed by atoms with Gasteiger partial charge in [-0.3, -0.25) is 9.59 Å². The van der Waals surface area contributed by atoms with Gasteiger partial charge in [0.25, 0.3) is 5.91 Å². The molecule has 0 unspecified atom stereocenters. The molecule has 0 atom stereocenters. The summed E-state index contributed by atoms with van der Waals surface area (Å²) in [5.74, 6) is -0.0168. The van der Waals surface area contributed by atoms with E-state index in [-0.39, 0.29) is 17.7 Å². The average molecular weight is 350 g/mol. The molecular formula is C22H26N2O2. The van der Waals surface area contributed by atoms with Crippen molar-refractivity contribution in [1.29, 1.82) is 0 Å². The van der Waals surface area contributed by atoms with E-state index in [9.17, 15) is 9.59 Å². The number of hydrogen-bond donors (Lipinski definition) is 2. The zero-order chi connectivity index (χ0) is 18.5. The molecule has 0 aromatic heterocycles. The Morgan fingerprint density at radius 3 is 2.23 bits per heavy atom. The lowest BCUT2D eigenvalue weighted by atomic mass is 9.88. The second-order valence-electron chi connectivity index (χ2n) is 7.24. The van der Waals surface area contributed by atoms with Crippen LogP contribution in [0.1, 0.15) is 53.6 Å². The van der Waals surface area contributed by atoms with Gasteiger partial charge in [0.2, 0.25) is 5.91 Å². The van der Waals surface area contributed by atoms with Crippen molar-refractivity contribution in [2.24, 2.45) is 5.92 Å². The van der Waals surface area contributed by atoms with Gasteiger partial charge in [0.05, 0.1) is 0 Å². The topological polar surface area (TPSA) is 58.2 Å². The largest absolute Gasteiger partial charge is 0.326 e. The molecule has 1 aliphatic rings. The first kappa shape index (κ1) is 18.2. The Morgan fingerprint density at radius 2 is 1.54 bits per heavy atom. The lowest BCUT2D eigenvalue weighted by Crippen LogP contribution is -2.24. The van der Waals surface area contributed by atoms with Crippen molar-refractivity contribution in [2.45, 2.75) is 46.0 Å². The third-order valence-corrected chi connectivity index (χ3v) is 4.85. The van der Waals surface area contributed by atoms with Gasteiger partial charge in [0, 0.05) is 22.9 Å². The molecule has 2 aromatic carbocycles. The summed E-state index contributed by atoms with van der Waals surface area (Å²) in [4.78, 5) is 25.0. The molecule has 0 spiro atoms. The summed E-state index contributed by atoms with van der Waals surface area (Å²) in [7, 11) is 0. The van der Waals surface area contributed by atoms with Crippen molar-refractivity contribution in [3.63, 3.8) is 0 Å². The van der Waals surface area contributed by atoms with Gasteiger partial charge in [-0.15, -0.1) is 0 Å².